The Balaban J connectivity index is 1.36. The Bertz CT molecular complexity index is 1350. The Labute approximate surface area is 255 Å². The van der Waals surface area contributed by atoms with Gasteiger partial charge in [-0.05, 0) is 98.2 Å². The van der Waals surface area contributed by atoms with Crippen molar-refractivity contribution in [2.75, 3.05) is 38.3 Å². The van der Waals surface area contributed by atoms with Gasteiger partial charge in [-0.15, -0.1) is 0 Å². The second-order valence-electron chi connectivity index (χ2n) is 12.3. The predicted molar refractivity (Wildman–Crippen MR) is 165 cm³/mol. The number of aryl methyl sites for hydroxylation is 1. The van der Waals surface area contributed by atoms with Crippen molar-refractivity contribution in [1.29, 1.82) is 0 Å². The van der Waals surface area contributed by atoms with Gasteiger partial charge in [0.15, 0.2) is 11.1 Å². The molecular formula is C32H41ClN2O6S. The number of anilines is 1. The lowest BCUT2D eigenvalue weighted by Crippen LogP contribution is -2.49. The lowest BCUT2D eigenvalue weighted by molar-refractivity contribution is -0.122. The summed E-state index contributed by atoms with van der Waals surface area (Å²) in [6.45, 7) is 6.18. The maximum absolute atomic E-state index is 12.6. The van der Waals surface area contributed by atoms with Gasteiger partial charge in [0.25, 0.3) is 0 Å². The number of carbonyl (C=O) groups is 2. The molecule has 8 nitrogen and oxygen atoms in total. The molecule has 2 N–H and O–H groups in total. The van der Waals surface area contributed by atoms with Crippen LogP contribution in [0.1, 0.15) is 67.4 Å². The van der Waals surface area contributed by atoms with Crippen molar-refractivity contribution >= 4 is 40.2 Å². The number of methoxy groups -OCH3 is 1. The number of carbonyl (C=O) groups excluding carboxylic acids is 2. The highest BCUT2D eigenvalue weighted by molar-refractivity contribution is 7.79. The van der Waals surface area contributed by atoms with E-state index in [1.54, 1.807) is 13.0 Å². The Kier molecular flexibility index (Phi) is 9.50. The normalized spacial score (nSPS) is 25.1. The molecule has 1 amide bonds. The standard InChI is InChI=1S/C32H41ClN2O6S/c1-20(21(2)42(38)39)13-30(36)34-16-24-6-7-25(24)17-35-18-32(12-4-5-22-14-26(33)9-10-27(22)32)19-41-29-11-8-23(15-28(29)35)31(37)40-3/h8-11,14-15,20-21,24-25H,4-7,12-13,16-19H2,1-3H3,(H,34,36)(H,38,39)/t20-,21-,24+,25+,32+/m1/s1. The van der Waals surface area contributed by atoms with Crippen molar-refractivity contribution in [2.24, 2.45) is 17.8 Å². The zero-order valence-electron chi connectivity index (χ0n) is 24.6. The Hall–Kier alpha value is -2.62. The van der Waals surface area contributed by atoms with E-state index in [1.165, 1.54) is 18.2 Å². The molecule has 0 bridgehead atoms. The van der Waals surface area contributed by atoms with Crippen LogP contribution in [0.25, 0.3) is 0 Å². The Morgan fingerprint density at radius 2 is 2.00 bits per heavy atom. The minimum Gasteiger partial charge on any atom is -0.490 e. The molecule has 1 unspecified atom stereocenters. The molecule has 1 aliphatic heterocycles. The molecule has 1 saturated carbocycles. The van der Waals surface area contributed by atoms with Gasteiger partial charge in [0.1, 0.15) is 5.75 Å². The first kappa shape index (κ1) is 30.8. The summed E-state index contributed by atoms with van der Waals surface area (Å²) in [5.41, 5.74) is 3.73. The first-order valence-corrected chi connectivity index (χ1v) is 16.4. The fourth-order valence-corrected chi connectivity index (χ4v) is 7.45. The summed E-state index contributed by atoms with van der Waals surface area (Å²) >= 11 is 4.43. The van der Waals surface area contributed by atoms with E-state index in [-0.39, 0.29) is 29.6 Å². The van der Waals surface area contributed by atoms with Crippen molar-refractivity contribution < 1.29 is 27.8 Å². The third-order valence-electron chi connectivity index (χ3n) is 9.68. The SMILES string of the molecule is COC(=O)c1ccc2c(c1)N(C[C@@H]1CC[C@H]1CNC(=O)C[C@@H](C)[C@@H](C)S(=O)O)C[C@@]1(CCCc3cc(Cl)ccc31)CO2. The molecule has 2 aromatic carbocycles. The third kappa shape index (κ3) is 6.48. The lowest BCUT2D eigenvalue weighted by atomic mass is 9.69. The number of ether oxygens (including phenoxy) is 2. The molecule has 0 aromatic heterocycles. The molecule has 2 aromatic rings. The van der Waals surface area contributed by atoms with E-state index in [1.807, 2.05) is 25.1 Å². The average Bonchev–Trinajstić information content (AvgIpc) is 3.11. The summed E-state index contributed by atoms with van der Waals surface area (Å²) in [5.74, 6) is 0.803. The number of hydrogen-bond donors (Lipinski definition) is 2. The van der Waals surface area contributed by atoms with E-state index in [0.29, 0.717) is 30.6 Å². The van der Waals surface area contributed by atoms with Crippen molar-refractivity contribution in [2.45, 2.75) is 63.0 Å². The second kappa shape index (κ2) is 12.9. The molecule has 1 spiro atoms. The number of nitrogens with one attached hydrogen (secondary N) is 1. The number of amides is 1. The number of nitrogens with zero attached hydrogens (tertiary/aromatic N) is 1. The smallest absolute Gasteiger partial charge is 0.337 e. The number of benzene rings is 2. The summed E-state index contributed by atoms with van der Waals surface area (Å²) in [6, 6.07) is 11.7. The summed E-state index contributed by atoms with van der Waals surface area (Å²) in [4.78, 5) is 27.5. The van der Waals surface area contributed by atoms with E-state index >= 15 is 0 Å². The van der Waals surface area contributed by atoms with Crippen LogP contribution in [0, 0.1) is 17.8 Å². The fourth-order valence-electron chi connectivity index (χ4n) is 6.76. The minimum absolute atomic E-state index is 0.0851. The van der Waals surface area contributed by atoms with Crippen molar-refractivity contribution in [3.63, 3.8) is 0 Å². The maximum Gasteiger partial charge on any atom is 0.337 e. The van der Waals surface area contributed by atoms with Gasteiger partial charge < -0.3 is 24.2 Å². The number of esters is 1. The molecule has 3 aliphatic rings. The lowest BCUT2D eigenvalue weighted by Gasteiger charge is -2.44. The van der Waals surface area contributed by atoms with Crippen LogP contribution in [0.5, 0.6) is 5.75 Å². The topological polar surface area (TPSA) is 105 Å². The largest absolute Gasteiger partial charge is 0.490 e. The van der Waals surface area contributed by atoms with Gasteiger partial charge in [-0.2, -0.15) is 0 Å². The Morgan fingerprint density at radius 3 is 2.71 bits per heavy atom. The van der Waals surface area contributed by atoms with Crippen LogP contribution in [0.15, 0.2) is 36.4 Å². The van der Waals surface area contributed by atoms with E-state index in [4.69, 9.17) is 21.1 Å². The zero-order chi connectivity index (χ0) is 30.0. The van der Waals surface area contributed by atoms with Crippen molar-refractivity contribution in [1.82, 2.24) is 5.32 Å². The summed E-state index contributed by atoms with van der Waals surface area (Å²) in [6.07, 6.45) is 5.35. The van der Waals surface area contributed by atoms with Crippen LogP contribution < -0.4 is 15.0 Å². The summed E-state index contributed by atoms with van der Waals surface area (Å²) in [5, 5.41) is 3.37. The molecule has 42 heavy (non-hydrogen) atoms. The van der Waals surface area contributed by atoms with Gasteiger partial charge in [-0.25, -0.2) is 9.00 Å². The van der Waals surface area contributed by atoms with Gasteiger partial charge in [0.2, 0.25) is 5.91 Å². The molecule has 1 fully saturated rings. The first-order valence-electron chi connectivity index (χ1n) is 14.9. The summed E-state index contributed by atoms with van der Waals surface area (Å²) in [7, 11) is 1.39. The molecular weight excluding hydrogens is 576 g/mol. The zero-order valence-corrected chi connectivity index (χ0v) is 26.1. The minimum atomic E-state index is -1.95. The number of rotatable bonds is 9. The van der Waals surface area contributed by atoms with Crippen molar-refractivity contribution in [3.05, 3.63) is 58.1 Å². The average molecular weight is 617 g/mol. The molecule has 0 saturated heterocycles. The molecule has 228 valence electrons. The highest BCUT2D eigenvalue weighted by atomic mass is 35.5. The van der Waals surface area contributed by atoms with Crippen LogP contribution in [0.3, 0.4) is 0 Å². The molecule has 5 rings (SSSR count). The molecule has 10 heteroatoms. The van der Waals surface area contributed by atoms with Gasteiger partial charge in [0.05, 0.1) is 30.2 Å². The highest BCUT2D eigenvalue weighted by Crippen LogP contribution is 2.46. The maximum atomic E-state index is 12.6. The van der Waals surface area contributed by atoms with Gasteiger partial charge >= 0.3 is 5.97 Å². The van der Waals surface area contributed by atoms with Gasteiger partial charge in [-0.1, -0.05) is 24.6 Å². The van der Waals surface area contributed by atoms with Gasteiger partial charge in [-0.3, -0.25) is 4.79 Å². The van der Waals surface area contributed by atoms with Crippen LogP contribution in [-0.4, -0.2) is 59.2 Å². The van der Waals surface area contributed by atoms with Crippen LogP contribution >= 0.6 is 11.6 Å². The second-order valence-corrected chi connectivity index (χ2v) is 14.1. The van der Waals surface area contributed by atoms with E-state index < -0.39 is 16.3 Å². The molecule has 0 radical (unpaired) electrons. The predicted octanol–water partition coefficient (Wildman–Crippen LogP) is 5.38. The molecule has 2 aliphatic carbocycles. The van der Waals surface area contributed by atoms with Crippen LogP contribution in [0.4, 0.5) is 5.69 Å². The van der Waals surface area contributed by atoms with Gasteiger partial charge in [0, 0.05) is 36.5 Å². The molecule has 1 heterocycles. The molecule has 6 atom stereocenters. The highest BCUT2D eigenvalue weighted by Gasteiger charge is 2.43. The Morgan fingerprint density at radius 1 is 1.21 bits per heavy atom. The first-order chi connectivity index (χ1) is 20.1. The quantitative estimate of drug-likeness (QED) is 0.288. The van der Waals surface area contributed by atoms with Crippen molar-refractivity contribution in [3.8, 4) is 5.75 Å². The summed E-state index contributed by atoms with van der Waals surface area (Å²) < 4.78 is 32.3. The monoisotopic (exact) mass is 616 g/mol. The number of hydrogen-bond acceptors (Lipinski definition) is 6. The van der Waals surface area contributed by atoms with E-state index in [9.17, 15) is 18.4 Å². The number of fused-ring (bicyclic) bond motifs is 3. The van der Waals surface area contributed by atoms with E-state index in [2.05, 4.69) is 22.3 Å². The van der Waals surface area contributed by atoms with Crippen LogP contribution in [0.2, 0.25) is 5.02 Å². The van der Waals surface area contributed by atoms with E-state index in [0.717, 1.165) is 61.7 Å². The third-order valence-corrected chi connectivity index (χ3v) is 11.0. The van der Waals surface area contributed by atoms with Crippen LogP contribution in [-0.2, 0) is 32.4 Å². The fraction of sp³-hybridized carbons (Fsp3) is 0.562. The number of halogens is 1.